The highest BCUT2D eigenvalue weighted by Crippen LogP contribution is 2.41. The molecule has 2 aromatic heterocycles. The van der Waals surface area contributed by atoms with Gasteiger partial charge in [-0.3, -0.25) is 0 Å². The quantitative estimate of drug-likeness (QED) is 0.794. The molecule has 1 aliphatic carbocycles. The predicted molar refractivity (Wildman–Crippen MR) is 85.6 cm³/mol. The van der Waals surface area contributed by atoms with Crippen molar-refractivity contribution in [2.45, 2.75) is 38.6 Å². The lowest BCUT2D eigenvalue weighted by Gasteiger charge is -1.93. The Bertz CT molecular complexity index is 707. The Morgan fingerprint density at radius 3 is 2.43 bits per heavy atom. The SMILES string of the molecule is CC(N)c1nnc(-c2cc(C3CC3)on2)o1.Cc1ccccc1. The van der Waals surface area contributed by atoms with Gasteiger partial charge in [-0.25, -0.2) is 0 Å². The van der Waals surface area contributed by atoms with Gasteiger partial charge in [-0.15, -0.1) is 10.2 Å². The van der Waals surface area contributed by atoms with E-state index in [1.165, 1.54) is 18.4 Å². The fraction of sp³-hybridized carbons (Fsp3) is 0.353. The largest absolute Gasteiger partial charge is 0.417 e. The number of rotatable bonds is 3. The third-order valence-electron chi connectivity index (χ3n) is 3.50. The van der Waals surface area contributed by atoms with Gasteiger partial charge in [-0.1, -0.05) is 41.1 Å². The fourth-order valence-electron chi connectivity index (χ4n) is 2.01. The zero-order chi connectivity index (χ0) is 16.2. The average Bonchev–Trinajstić information content (AvgIpc) is 3.08. The molecule has 0 aliphatic heterocycles. The molecule has 3 aromatic rings. The molecule has 0 amide bonds. The van der Waals surface area contributed by atoms with Gasteiger partial charge in [-0.05, 0) is 26.7 Å². The lowest BCUT2D eigenvalue weighted by atomic mass is 10.2. The van der Waals surface area contributed by atoms with Crippen LogP contribution < -0.4 is 5.73 Å². The van der Waals surface area contributed by atoms with Crippen molar-refractivity contribution in [3.8, 4) is 11.6 Å². The molecule has 6 nitrogen and oxygen atoms in total. The molecule has 6 heteroatoms. The molecule has 0 bridgehead atoms. The van der Waals surface area contributed by atoms with Crippen molar-refractivity contribution in [2.75, 3.05) is 0 Å². The maximum atomic E-state index is 5.63. The smallest absolute Gasteiger partial charge is 0.269 e. The minimum Gasteiger partial charge on any atom is -0.417 e. The molecular formula is C17H20N4O2. The fourth-order valence-corrected chi connectivity index (χ4v) is 2.01. The summed E-state index contributed by atoms with van der Waals surface area (Å²) in [5.74, 6) is 2.20. The second-order valence-electron chi connectivity index (χ2n) is 5.78. The van der Waals surface area contributed by atoms with E-state index in [9.17, 15) is 0 Å². The summed E-state index contributed by atoms with van der Waals surface area (Å²) >= 11 is 0. The molecule has 1 saturated carbocycles. The van der Waals surface area contributed by atoms with Crippen LogP contribution in [0.2, 0.25) is 0 Å². The van der Waals surface area contributed by atoms with Gasteiger partial charge in [0.2, 0.25) is 5.89 Å². The molecule has 1 aromatic carbocycles. The number of hydrogen-bond donors (Lipinski definition) is 1. The van der Waals surface area contributed by atoms with Crippen molar-refractivity contribution in [2.24, 2.45) is 5.73 Å². The van der Waals surface area contributed by atoms with Crippen molar-refractivity contribution >= 4 is 0 Å². The lowest BCUT2D eigenvalue weighted by Crippen LogP contribution is -2.04. The van der Waals surface area contributed by atoms with Crippen molar-refractivity contribution in [1.29, 1.82) is 0 Å². The zero-order valence-electron chi connectivity index (χ0n) is 13.3. The Labute approximate surface area is 134 Å². The standard InChI is InChI=1S/C10H12N4O2.C7H8/c1-5(11)9-12-13-10(15-9)7-4-8(16-14-7)6-2-3-6;1-7-5-3-2-4-6-7/h4-6H,2-3,11H2,1H3;2-6H,1H3. The van der Waals surface area contributed by atoms with E-state index < -0.39 is 0 Å². The van der Waals surface area contributed by atoms with Gasteiger partial charge in [-0.2, -0.15) is 0 Å². The molecule has 4 rings (SSSR count). The van der Waals surface area contributed by atoms with Crippen molar-refractivity contribution < 1.29 is 8.94 Å². The summed E-state index contributed by atoms with van der Waals surface area (Å²) in [4.78, 5) is 0. The number of aryl methyl sites for hydroxylation is 1. The molecular weight excluding hydrogens is 292 g/mol. The summed E-state index contributed by atoms with van der Waals surface area (Å²) in [6.45, 7) is 3.87. The molecule has 0 spiro atoms. The van der Waals surface area contributed by atoms with Crippen LogP contribution in [0.5, 0.6) is 0 Å². The summed E-state index contributed by atoms with van der Waals surface area (Å²) in [7, 11) is 0. The van der Waals surface area contributed by atoms with E-state index in [2.05, 4.69) is 34.4 Å². The highest BCUT2D eigenvalue weighted by molar-refractivity contribution is 5.46. The van der Waals surface area contributed by atoms with Crippen LogP contribution in [-0.4, -0.2) is 15.4 Å². The monoisotopic (exact) mass is 312 g/mol. The van der Waals surface area contributed by atoms with Crippen LogP contribution in [0.3, 0.4) is 0 Å². The van der Waals surface area contributed by atoms with Crippen LogP contribution in [0.15, 0.2) is 45.3 Å². The van der Waals surface area contributed by atoms with E-state index in [0.717, 1.165) is 5.76 Å². The number of aromatic nitrogens is 3. The Morgan fingerprint density at radius 1 is 1.17 bits per heavy atom. The Balaban J connectivity index is 0.000000188. The highest BCUT2D eigenvalue weighted by atomic mass is 16.5. The first-order chi connectivity index (χ1) is 11.1. The number of hydrogen-bond acceptors (Lipinski definition) is 6. The molecule has 0 saturated heterocycles. The highest BCUT2D eigenvalue weighted by Gasteiger charge is 2.28. The Hall–Kier alpha value is -2.47. The van der Waals surface area contributed by atoms with Crippen LogP contribution in [0.4, 0.5) is 0 Å². The van der Waals surface area contributed by atoms with Gasteiger partial charge in [0.25, 0.3) is 5.89 Å². The maximum Gasteiger partial charge on any atom is 0.269 e. The minimum atomic E-state index is -0.268. The van der Waals surface area contributed by atoms with E-state index in [1.54, 1.807) is 6.92 Å². The predicted octanol–water partition coefficient (Wildman–Crippen LogP) is 3.62. The van der Waals surface area contributed by atoms with E-state index in [1.807, 2.05) is 24.3 Å². The van der Waals surface area contributed by atoms with Crippen LogP contribution in [0.1, 0.15) is 48.9 Å². The Morgan fingerprint density at radius 2 is 1.91 bits per heavy atom. The summed E-state index contributed by atoms with van der Waals surface area (Å²) in [6.07, 6.45) is 2.34. The third kappa shape index (κ3) is 4.04. The number of benzene rings is 1. The minimum absolute atomic E-state index is 0.268. The van der Waals surface area contributed by atoms with Gasteiger partial charge in [0.1, 0.15) is 5.76 Å². The molecule has 0 radical (unpaired) electrons. The summed E-state index contributed by atoms with van der Waals surface area (Å²) < 4.78 is 10.6. The van der Waals surface area contributed by atoms with E-state index >= 15 is 0 Å². The zero-order valence-corrected chi connectivity index (χ0v) is 13.3. The molecule has 1 unspecified atom stereocenters. The van der Waals surface area contributed by atoms with Crippen LogP contribution in [-0.2, 0) is 0 Å². The molecule has 1 aliphatic rings. The molecule has 2 heterocycles. The topological polar surface area (TPSA) is 91.0 Å². The number of nitrogens with zero attached hydrogens (tertiary/aromatic N) is 3. The van der Waals surface area contributed by atoms with Crippen LogP contribution in [0, 0.1) is 6.92 Å². The number of nitrogens with two attached hydrogens (primary N) is 1. The second kappa shape index (κ2) is 6.75. The summed E-state index contributed by atoms with van der Waals surface area (Å²) in [6, 6.07) is 11.9. The average molecular weight is 312 g/mol. The van der Waals surface area contributed by atoms with Crippen molar-refractivity contribution in [1.82, 2.24) is 15.4 Å². The second-order valence-corrected chi connectivity index (χ2v) is 5.78. The molecule has 1 atom stereocenters. The van der Waals surface area contributed by atoms with Crippen molar-refractivity contribution in [3.05, 3.63) is 53.6 Å². The summed E-state index contributed by atoms with van der Waals surface area (Å²) in [5.41, 5.74) is 7.53. The van der Waals surface area contributed by atoms with E-state index in [-0.39, 0.29) is 6.04 Å². The van der Waals surface area contributed by atoms with Gasteiger partial charge >= 0.3 is 0 Å². The van der Waals surface area contributed by atoms with E-state index in [0.29, 0.717) is 23.4 Å². The third-order valence-corrected chi connectivity index (χ3v) is 3.50. The Kier molecular flexibility index (Phi) is 4.52. The normalized spacial score (nSPS) is 14.9. The first-order valence-electron chi connectivity index (χ1n) is 7.71. The van der Waals surface area contributed by atoms with Gasteiger partial charge in [0.15, 0.2) is 5.69 Å². The first kappa shape index (κ1) is 15.4. The molecule has 2 N–H and O–H groups in total. The molecule has 23 heavy (non-hydrogen) atoms. The van der Waals surface area contributed by atoms with E-state index in [4.69, 9.17) is 14.7 Å². The lowest BCUT2D eigenvalue weighted by molar-refractivity contribution is 0.383. The van der Waals surface area contributed by atoms with Crippen molar-refractivity contribution in [3.63, 3.8) is 0 Å². The van der Waals surface area contributed by atoms with Crippen LogP contribution in [0.25, 0.3) is 11.6 Å². The first-order valence-corrected chi connectivity index (χ1v) is 7.71. The molecule has 1 fully saturated rings. The van der Waals surface area contributed by atoms with Gasteiger partial charge in [0.05, 0.1) is 6.04 Å². The summed E-state index contributed by atoms with van der Waals surface area (Å²) in [5, 5.41) is 11.6. The van der Waals surface area contributed by atoms with Crippen LogP contribution >= 0.6 is 0 Å². The van der Waals surface area contributed by atoms with Gasteiger partial charge in [0, 0.05) is 12.0 Å². The maximum absolute atomic E-state index is 5.63. The molecule has 120 valence electrons. The van der Waals surface area contributed by atoms with Gasteiger partial charge < -0.3 is 14.7 Å².